The van der Waals surface area contributed by atoms with Crippen LogP contribution in [-0.4, -0.2) is 13.0 Å². The van der Waals surface area contributed by atoms with Crippen LogP contribution < -0.4 is 9.60 Å². The lowest BCUT2D eigenvalue weighted by molar-refractivity contribution is 0.601. The van der Waals surface area contributed by atoms with Crippen molar-refractivity contribution < 1.29 is 8.42 Å². The van der Waals surface area contributed by atoms with Crippen LogP contribution >= 0.6 is 11.3 Å². The first-order valence-electron chi connectivity index (χ1n) is 8.28. The standard InChI is InChI=1S/C20H16N2O3S2/c23-20-22(14-15-7-3-1-4-8-15)18-12-11-17(13-19(18)26-20)27(24,25)21-16-9-5-2-6-10-16/h1-13,21H,14H2. The lowest BCUT2D eigenvalue weighted by Crippen LogP contribution is -2.14. The van der Waals surface area contributed by atoms with Crippen LogP contribution in [0.2, 0.25) is 0 Å². The number of fused-ring (bicyclic) bond motifs is 1. The zero-order chi connectivity index (χ0) is 18.9. The van der Waals surface area contributed by atoms with Gasteiger partial charge in [-0.2, -0.15) is 0 Å². The molecule has 0 aliphatic rings. The highest BCUT2D eigenvalue weighted by Gasteiger charge is 2.17. The van der Waals surface area contributed by atoms with Crippen molar-refractivity contribution in [1.82, 2.24) is 4.57 Å². The van der Waals surface area contributed by atoms with Crippen molar-refractivity contribution in [3.63, 3.8) is 0 Å². The van der Waals surface area contributed by atoms with Gasteiger partial charge in [-0.05, 0) is 35.9 Å². The molecular formula is C20H16N2O3S2. The summed E-state index contributed by atoms with van der Waals surface area (Å²) < 4.78 is 30.1. The van der Waals surface area contributed by atoms with Crippen molar-refractivity contribution in [3.8, 4) is 0 Å². The summed E-state index contributed by atoms with van der Waals surface area (Å²) in [7, 11) is -3.72. The summed E-state index contributed by atoms with van der Waals surface area (Å²) in [5.74, 6) is 0. The molecule has 5 nitrogen and oxygen atoms in total. The Morgan fingerprint density at radius 1 is 0.889 bits per heavy atom. The van der Waals surface area contributed by atoms with Crippen molar-refractivity contribution in [2.75, 3.05) is 4.72 Å². The molecule has 3 aromatic carbocycles. The zero-order valence-corrected chi connectivity index (χ0v) is 15.8. The van der Waals surface area contributed by atoms with Crippen molar-refractivity contribution in [1.29, 1.82) is 0 Å². The molecule has 27 heavy (non-hydrogen) atoms. The normalized spacial score (nSPS) is 11.6. The molecule has 0 unspecified atom stereocenters. The molecule has 136 valence electrons. The third-order valence-corrected chi connectivity index (χ3v) is 6.48. The first kappa shape index (κ1) is 17.5. The molecule has 0 amide bonds. The van der Waals surface area contributed by atoms with Crippen LogP contribution in [-0.2, 0) is 16.6 Å². The molecule has 1 N–H and O–H groups in total. The molecule has 0 aliphatic carbocycles. The number of thiazole rings is 1. The minimum absolute atomic E-state index is 0.112. The molecular weight excluding hydrogens is 380 g/mol. The molecule has 4 aromatic rings. The van der Waals surface area contributed by atoms with Gasteiger partial charge in [0, 0.05) is 5.69 Å². The van der Waals surface area contributed by atoms with Crippen LogP contribution in [0.5, 0.6) is 0 Å². The number of para-hydroxylation sites is 1. The van der Waals surface area contributed by atoms with Gasteiger partial charge in [0.1, 0.15) is 0 Å². The number of hydrogen-bond acceptors (Lipinski definition) is 4. The van der Waals surface area contributed by atoms with E-state index in [1.54, 1.807) is 41.0 Å². The van der Waals surface area contributed by atoms with Crippen LogP contribution in [0.1, 0.15) is 5.56 Å². The van der Waals surface area contributed by atoms with E-state index in [1.807, 2.05) is 36.4 Å². The number of benzene rings is 3. The van der Waals surface area contributed by atoms with Gasteiger partial charge in [-0.15, -0.1) is 0 Å². The SMILES string of the molecule is O=c1sc2cc(S(=O)(=O)Nc3ccccc3)ccc2n1Cc1ccccc1. The first-order valence-corrected chi connectivity index (χ1v) is 10.6. The first-order chi connectivity index (χ1) is 13.0. The Kier molecular flexibility index (Phi) is 4.55. The Labute approximate surface area is 160 Å². The summed E-state index contributed by atoms with van der Waals surface area (Å²) in [6.45, 7) is 0.452. The number of hydrogen-bond donors (Lipinski definition) is 1. The highest BCUT2D eigenvalue weighted by Crippen LogP contribution is 2.24. The topological polar surface area (TPSA) is 68.2 Å². The molecule has 0 saturated carbocycles. The molecule has 0 fully saturated rings. The molecule has 7 heteroatoms. The largest absolute Gasteiger partial charge is 0.308 e. The monoisotopic (exact) mass is 396 g/mol. The van der Waals surface area contributed by atoms with Gasteiger partial charge in [-0.25, -0.2) is 8.42 Å². The fraction of sp³-hybridized carbons (Fsp3) is 0.0500. The van der Waals surface area contributed by atoms with Crippen LogP contribution in [0.4, 0.5) is 5.69 Å². The molecule has 0 bridgehead atoms. The minimum Gasteiger partial charge on any atom is -0.294 e. The van der Waals surface area contributed by atoms with Gasteiger partial charge < -0.3 is 0 Å². The zero-order valence-electron chi connectivity index (χ0n) is 14.2. The molecule has 0 saturated heterocycles. The maximum absolute atomic E-state index is 12.6. The number of anilines is 1. The second-order valence-electron chi connectivity index (χ2n) is 6.04. The number of nitrogens with zero attached hydrogens (tertiary/aromatic N) is 1. The summed E-state index contributed by atoms with van der Waals surface area (Å²) in [6, 6.07) is 23.2. The number of sulfonamides is 1. The van der Waals surface area contributed by atoms with Gasteiger partial charge in [-0.3, -0.25) is 14.1 Å². The van der Waals surface area contributed by atoms with E-state index >= 15 is 0 Å². The summed E-state index contributed by atoms with van der Waals surface area (Å²) in [4.78, 5) is 12.4. The summed E-state index contributed by atoms with van der Waals surface area (Å²) >= 11 is 1.05. The van der Waals surface area contributed by atoms with Gasteiger partial charge in [-0.1, -0.05) is 59.9 Å². The van der Waals surface area contributed by atoms with E-state index in [9.17, 15) is 13.2 Å². The van der Waals surface area contributed by atoms with E-state index in [-0.39, 0.29) is 9.77 Å². The van der Waals surface area contributed by atoms with Crippen molar-refractivity contribution >= 4 is 37.3 Å². The second kappa shape index (κ2) is 7.02. The Balaban J connectivity index is 1.70. The average molecular weight is 396 g/mol. The third-order valence-electron chi connectivity index (χ3n) is 4.16. The maximum Gasteiger partial charge on any atom is 0.308 e. The Hall–Kier alpha value is -2.90. The van der Waals surface area contributed by atoms with Crippen LogP contribution in [0, 0.1) is 0 Å². The third kappa shape index (κ3) is 3.65. The maximum atomic E-state index is 12.6. The Morgan fingerprint density at radius 3 is 2.26 bits per heavy atom. The smallest absolute Gasteiger partial charge is 0.294 e. The summed E-state index contributed by atoms with van der Waals surface area (Å²) in [5.41, 5.74) is 2.24. The number of rotatable bonds is 5. The lowest BCUT2D eigenvalue weighted by Gasteiger charge is -2.08. The Bertz CT molecular complexity index is 1240. The fourth-order valence-electron chi connectivity index (χ4n) is 2.85. The van der Waals surface area contributed by atoms with E-state index in [0.29, 0.717) is 16.9 Å². The number of aromatic nitrogens is 1. The van der Waals surface area contributed by atoms with Gasteiger partial charge >= 0.3 is 4.87 Å². The van der Waals surface area contributed by atoms with E-state index in [2.05, 4.69) is 4.72 Å². The van der Waals surface area contributed by atoms with Crippen LogP contribution in [0.15, 0.2) is 88.6 Å². The van der Waals surface area contributed by atoms with E-state index in [0.717, 1.165) is 22.4 Å². The summed E-state index contributed by atoms with van der Waals surface area (Å²) in [6.07, 6.45) is 0. The van der Waals surface area contributed by atoms with Gasteiger partial charge in [0.25, 0.3) is 10.0 Å². The molecule has 1 aromatic heterocycles. The van der Waals surface area contributed by atoms with Crippen molar-refractivity contribution in [2.45, 2.75) is 11.4 Å². The second-order valence-corrected chi connectivity index (χ2v) is 8.72. The predicted molar refractivity (Wildman–Crippen MR) is 109 cm³/mol. The summed E-state index contributed by atoms with van der Waals surface area (Å²) in [5, 5.41) is 0. The van der Waals surface area contributed by atoms with Crippen molar-refractivity contribution in [2.24, 2.45) is 0 Å². The molecule has 0 aliphatic heterocycles. The van der Waals surface area contributed by atoms with Gasteiger partial charge in [0.05, 0.1) is 21.7 Å². The molecule has 1 heterocycles. The van der Waals surface area contributed by atoms with Crippen LogP contribution in [0.25, 0.3) is 10.2 Å². The van der Waals surface area contributed by atoms with E-state index < -0.39 is 10.0 Å². The quantitative estimate of drug-likeness (QED) is 0.556. The molecule has 0 atom stereocenters. The molecule has 0 radical (unpaired) electrons. The van der Waals surface area contributed by atoms with E-state index in [1.165, 1.54) is 6.07 Å². The lowest BCUT2D eigenvalue weighted by atomic mass is 10.2. The highest BCUT2D eigenvalue weighted by atomic mass is 32.2. The Morgan fingerprint density at radius 2 is 1.56 bits per heavy atom. The van der Waals surface area contributed by atoms with E-state index in [4.69, 9.17) is 0 Å². The molecule has 0 spiro atoms. The number of nitrogens with one attached hydrogen (secondary N) is 1. The highest BCUT2D eigenvalue weighted by molar-refractivity contribution is 7.92. The van der Waals surface area contributed by atoms with Crippen molar-refractivity contribution in [3.05, 3.63) is 94.1 Å². The average Bonchev–Trinajstić information content (AvgIpc) is 2.98. The van der Waals surface area contributed by atoms with Gasteiger partial charge in [0.2, 0.25) is 0 Å². The van der Waals surface area contributed by atoms with Gasteiger partial charge in [0.15, 0.2) is 0 Å². The fourth-order valence-corrected chi connectivity index (χ4v) is 4.94. The van der Waals surface area contributed by atoms with Crippen LogP contribution in [0.3, 0.4) is 0 Å². The minimum atomic E-state index is -3.72. The molecule has 4 rings (SSSR count). The predicted octanol–water partition coefficient (Wildman–Crippen LogP) is 3.91.